The molecule has 0 radical (unpaired) electrons. The summed E-state index contributed by atoms with van der Waals surface area (Å²) in [5.41, 5.74) is 7.06. The average molecular weight is 234 g/mol. The van der Waals surface area contributed by atoms with Gasteiger partial charge >= 0.3 is 0 Å². The summed E-state index contributed by atoms with van der Waals surface area (Å²) in [4.78, 5) is 9.08. The Bertz CT molecular complexity index is 375. The molecule has 0 aliphatic carbocycles. The van der Waals surface area contributed by atoms with E-state index in [1.165, 1.54) is 6.42 Å². The van der Waals surface area contributed by atoms with Crippen LogP contribution in [0.25, 0.3) is 0 Å². The Morgan fingerprint density at radius 1 is 1.53 bits per heavy atom. The predicted octanol–water partition coefficient (Wildman–Crippen LogP) is 1.24. The van der Waals surface area contributed by atoms with E-state index in [4.69, 9.17) is 5.73 Å². The van der Waals surface area contributed by atoms with Gasteiger partial charge in [0.2, 0.25) is 0 Å². The molecule has 0 amide bonds. The lowest BCUT2D eigenvalue weighted by atomic mass is 10.1. The minimum absolute atomic E-state index is 0.0731. The van der Waals surface area contributed by atoms with Crippen LogP contribution in [-0.4, -0.2) is 43.1 Å². The zero-order valence-corrected chi connectivity index (χ0v) is 10.9. The first-order chi connectivity index (χ1) is 8.08. The molecule has 0 saturated carbocycles. The topological polar surface area (TPSA) is 45.4 Å². The molecule has 2 N–H and O–H groups in total. The Morgan fingerprint density at radius 3 is 2.88 bits per heavy atom. The van der Waals surface area contributed by atoms with Gasteiger partial charge in [-0.2, -0.15) is 0 Å². The van der Waals surface area contributed by atoms with Crippen molar-refractivity contribution >= 4 is 5.82 Å². The third kappa shape index (κ3) is 2.76. The van der Waals surface area contributed by atoms with Crippen molar-refractivity contribution in [2.45, 2.75) is 25.4 Å². The van der Waals surface area contributed by atoms with E-state index >= 15 is 0 Å². The number of likely N-dealkylation sites (N-methyl/N-ethyl adjacent to an activating group) is 1. The second-order valence-electron chi connectivity index (χ2n) is 5.09. The van der Waals surface area contributed by atoms with Crippen LogP contribution in [0.2, 0.25) is 0 Å². The molecule has 1 aromatic heterocycles. The highest BCUT2D eigenvalue weighted by Gasteiger charge is 2.24. The lowest BCUT2D eigenvalue weighted by Crippen LogP contribution is -2.31. The predicted molar refractivity (Wildman–Crippen MR) is 71.1 cm³/mol. The number of aromatic nitrogens is 1. The second kappa shape index (κ2) is 5.02. The minimum atomic E-state index is 0.0731. The van der Waals surface area contributed by atoms with Gasteiger partial charge in [-0.25, -0.2) is 4.98 Å². The molecule has 17 heavy (non-hydrogen) atoms. The van der Waals surface area contributed by atoms with E-state index in [9.17, 15) is 0 Å². The summed E-state index contributed by atoms with van der Waals surface area (Å²) in [6.07, 6.45) is 3.06. The van der Waals surface area contributed by atoms with Gasteiger partial charge in [0.05, 0.1) is 0 Å². The van der Waals surface area contributed by atoms with E-state index in [0.29, 0.717) is 6.04 Å². The molecular weight excluding hydrogens is 212 g/mol. The van der Waals surface area contributed by atoms with Crippen molar-refractivity contribution in [1.82, 2.24) is 9.88 Å². The molecule has 2 atom stereocenters. The average Bonchev–Trinajstić information content (AvgIpc) is 2.78. The van der Waals surface area contributed by atoms with Crippen LogP contribution in [0.4, 0.5) is 5.82 Å². The summed E-state index contributed by atoms with van der Waals surface area (Å²) < 4.78 is 0. The van der Waals surface area contributed by atoms with Crippen molar-refractivity contribution in [1.29, 1.82) is 0 Å². The second-order valence-corrected chi connectivity index (χ2v) is 5.09. The fourth-order valence-electron chi connectivity index (χ4n) is 2.26. The van der Waals surface area contributed by atoms with Crippen molar-refractivity contribution in [3.63, 3.8) is 0 Å². The highest BCUT2D eigenvalue weighted by atomic mass is 15.3. The summed E-state index contributed by atoms with van der Waals surface area (Å²) in [7, 11) is 4.28. The van der Waals surface area contributed by atoms with E-state index in [1.54, 1.807) is 0 Å². The molecule has 1 fully saturated rings. The fraction of sp³-hybridized carbons (Fsp3) is 0.615. The van der Waals surface area contributed by atoms with E-state index in [1.807, 2.05) is 19.2 Å². The van der Waals surface area contributed by atoms with Crippen LogP contribution < -0.4 is 10.6 Å². The Labute approximate surface area is 103 Å². The number of anilines is 1. The van der Waals surface area contributed by atoms with Gasteiger partial charge < -0.3 is 15.5 Å². The number of hydrogen-bond acceptors (Lipinski definition) is 4. The Hall–Kier alpha value is -1.13. The smallest absolute Gasteiger partial charge is 0.128 e. The maximum atomic E-state index is 5.90. The van der Waals surface area contributed by atoms with Gasteiger partial charge in [0.1, 0.15) is 5.82 Å². The summed E-state index contributed by atoms with van der Waals surface area (Å²) in [5, 5.41) is 0. The van der Waals surface area contributed by atoms with Gasteiger partial charge in [0.25, 0.3) is 0 Å². The number of pyridine rings is 1. The van der Waals surface area contributed by atoms with E-state index in [-0.39, 0.29) is 6.04 Å². The molecule has 1 aliphatic rings. The zero-order chi connectivity index (χ0) is 12.4. The van der Waals surface area contributed by atoms with Crippen LogP contribution in [0.1, 0.15) is 24.9 Å². The normalized spacial score (nSPS) is 22.2. The van der Waals surface area contributed by atoms with Crippen LogP contribution in [-0.2, 0) is 0 Å². The molecule has 4 heteroatoms. The molecule has 4 nitrogen and oxygen atoms in total. The summed E-state index contributed by atoms with van der Waals surface area (Å²) in [6, 6.07) is 4.82. The molecule has 1 saturated heterocycles. The van der Waals surface area contributed by atoms with E-state index in [0.717, 1.165) is 24.5 Å². The lowest BCUT2D eigenvalue weighted by Gasteiger charge is -2.21. The highest BCUT2D eigenvalue weighted by molar-refractivity contribution is 5.43. The maximum Gasteiger partial charge on any atom is 0.128 e. The van der Waals surface area contributed by atoms with Crippen LogP contribution in [0.5, 0.6) is 0 Å². The van der Waals surface area contributed by atoms with Gasteiger partial charge in [0.15, 0.2) is 0 Å². The maximum absolute atomic E-state index is 5.90. The van der Waals surface area contributed by atoms with E-state index in [2.05, 4.69) is 34.9 Å². The van der Waals surface area contributed by atoms with E-state index < -0.39 is 0 Å². The molecule has 2 rings (SSSR count). The molecule has 0 spiro atoms. The van der Waals surface area contributed by atoms with Crippen molar-refractivity contribution in [3.05, 3.63) is 23.9 Å². The third-order valence-corrected chi connectivity index (χ3v) is 3.51. The van der Waals surface area contributed by atoms with Crippen molar-refractivity contribution in [3.8, 4) is 0 Å². The molecule has 94 valence electrons. The summed E-state index contributed by atoms with van der Waals surface area (Å²) in [6.45, 7) is 4.15. The van der Waals surface area contributed by atoms with Gasteiger partial charge in [0, 0.05) is 31.4 Å². The summed E-state index contributed by atoms with van der Waals surface area (Å²) >= 11 is 0. The lowest BCUT2D eigenvalue weighted by molar-refractivity contribution is 0.315. The number of nitrogens with two attached hydrogens (primary N) is 1. The van der Waals surface area contributed by atoms with Crippen LogP contribution in [0, 0.1) is 0 Å². The molecule has 2 heterocycles. The van der Waals surface area contributed by atoms with Crippen LogP contribution in [0.3, 0.4) is 0 Å². The van der Waals surface area contributed by atoms with Crippen LogP contribution in [0.15, 0.2) is 18.3 Å². The largest absolute Gasteiger partial charge is 0.355 e. The molecule has 1 aromatic rings. The van der Waals surface area contributed by atoms with Gasteiger partial charge in [-0.15, -0.1) is 0 Å². The monoisotopic (exact) mass is 234 g/mol. The minimum Gasteiger partial charge on any atom is -0.355 e. The first-order valence-corrected chi connectivity index (χ1v) is 6.21. The molecule has 0 bridgehead atoms. The Balaban J connectivity index is 2.11. The molecule has 0 aromatic carbocycles. The number of rotatable bonds is 3. The molecular formula is C13H22N4. The molecule has 1 aliphatic heterocycles. The Kier molecular flexibility index (Phi) is 3.64. The fourth-order valence-corrected chi connectivity index (χ4v) is 2.26. The standard InChI is InChI=1S/C13H22N4/c1-10(14)11-4-6-15-13(8-11)17-7-5-12(9-17)16(2)3/h4,6,8,10,12H,5,7,9,14H2,1-3H3. The number of hydrogen-bond donors (Lipinski definition) is 1. The highest BCUT2D eigenvalue weighted by Crippen LogP contribution is 2.22. The van der Waals surface area contributed by atoms with Gasteiger partial charge in [-0.3, -0.25) is 0 Å². The van der Waals surface area contributed by atoms with Crippen molar-refractivity contribution < 1.29 is 0 Å². The van der Waals surface area contributed by atoms with Crippen LogP contribution >= 0.6 is 0 Å². The first kappa shape index (κ1) is 12.3. The van der Waals surface area contributed by atoms with Crippen molar-refractivity contribution in [2.75, 3.05) is 32.1 Å². The molecule has 2 unspecified atom stereocenters. The first-order valence-electron chi connectivity index (χ1n) is 6.21. The summed E-state index contributed by atoms with van der Waals surface area (Å²) in [5.74, 6) is 1.06. The quantitative estimate of drug-likeness (QED) is 0.855. The van der Waals surface area contributed by atoms with Gasteiger partial charge in [-0.1, -0.05) is 0 Å². The van der Waals surface area contributed by atoms with Crippen molar-refractivity contribution in [2.24, 2.45) is 5.73 Å². The Morgan fingerprint density at radius 2 is 2.29 bits per heavy atom. The SMILES string of the molecule is CC(N)c1ccnc(N2CCC(N(C)C)C2)c1. The van der Waals surface area contributed by atoms with Gasteiger partial charge in [-0.05, 0) is 45.1 Å². The third-order valence-electron chi connectivity index (χ3n) is 3.51. The number of nitrogens with zero attached hydrogens (tertiary/aromatic N) is 3. The zero-order valence-electron chi connectivity index (χ0n) is 10.9.